The van der Waals surface area contributed by atoms with Gasteiger partial charge in [-0.3, -0.25) is 0 Å². The van der Waals surface area contributed by atoms with Gasteiger partial charge in [0.2, 0.25) is 0 Å². The molecular formula is C11H22N2O2. The fourth-order valence-electron chi connectivity index (χ4n) is 1.19. The number of carbonyl (C=O) groups excluding carboxylic acids is 1. The fraction of sp³-hybridized carbons (Fsp3) is 0.909. The summed E-state index contributed by atoms with van der Waals surface area (Å²) in [5.74, 6) is 0. The maximum Gasteiger partial charge on any atom is 0.315 e. The molecule has 0 radical (unpaired) electrons. The molecule has 88 valence electrons. The summed E-state index contributed by atoms with van der Waals surface area (Å²) >= 11 is 0. The van der Waals surface area contributed by atoms with Crippen LogP contribution in [0.2, 0.25) is 0 Å². The normalized spacial score (nSPS) is 15.0. The van der Waals surface area contributed by atoms with Crippen molar-refractivity contribution in [3.8, 4) is 0 Å². The van der Waals surface area contributed by atoms with Gasteiger partial charge in [0, 0.05) is 25.8 Å². The van der Waals surface area contributed by atoms with Gasteiger partial charge in [0.25, 0.3) is 0 Å². The van der Waals surface area contributed by atoms with Gasteiger partial charge in [-0.15, -0.1) is 0 Å². The summed E-state index contributed by atoms with van der Waals surface area (Å²) in [6.07, 6.45) is 5.44. The molecule has 1 saturated carbocycles. The highest BCUT2D eigenvalue weighted by molar-refractivity contribution is 5.74. The summed E-state index contributed by atoms with van der Waals surface area (Å²) in [6, 6.07) is 0.400. The molecule has 1 aliphatic carbocycles. The van der Waals surface area contributed by atoms with Crippen molar-refractivity contribution in [1.82, 2.24) is 10.6 Å². The van der Waals surface area contributed by atoms with Crippen molar-refractivity contribution < 1.29 is 9.53 Å². The number of amides is 2. The van der Waals surface area contributed by atoms with E-state index in [4.69, 9.17) is 4.74 Å². The third kappa shape index (κ3) is 7.19. The average Bonchev–Trinajstić information content (AvgIpc) is 3.00. The van der Waals surface area contributed by atoms with Crippen LogP contribution in [0.1, 0.15) is 39.0 Å². The summed E-state index contributed by atoms with van der Waals surface area (Å²) in [6.45, 7) is 4.42. The second kappa shape index (κ2) is 7.51. The second-order valence-electron chi connectivity index (χ2n) is 3.99. The first-order chi connectivity index (χ1) is 7.33. The van der Waals surface area contributed by atoms with Crippen molar-refractivity contribution >= 4 is 6.03 Å². The number of urea groups is 1. The van der Waals surface area contributed by atoms with Gasteiger partial charge in [-0.25, -0.2) is 4.79 Å². The predicted molar refractivity (Wildman–Crippen MR) is 59.9 cm³/mol. The van der Waals surface area contributed by atoms with Gasteiger partial charge in [0.1, 0.15) is 0 Å². The molecular weight excluding hydrogens is 192 g/mol. The molecule has 2 N–H and O–H groups in total. The van der Waals surface area contributed by atoms with Gasteiger partial charge < -0.3 is 15.4 Å². The molecule has 0 aliphatic heterocycles. The molecule has 0 aromatic carbocycles. The van der Waals surface area contributed by atoms with Crippen LogP contribution in [-0.2, 0) is 4.74 Å². The van der Waals surface area contributed by atoms with Crippen LogP contribution in [0.3, 0.4) is 0 Å². The summed E-state index contributed by atoms with van der Waals surface area (Å²) in [5, 5.41) is 5.69. The summed E-state index contributed by atoms with van der Waals surface area (Å²) < 4.78 is 5.38. The molecule has 2 amide bonds. The molecule has 0 spiro atoms. The smallest absolute Gasteiger partial charge is 0.315 e. The summed E-state index contributed by atoms with van der Waals surface area (Å²) in [7, 11) is 0. The van der Waals surface area contributed by atoms with E-state index in [9.17, 15) is 4.79 Å². The Morgan fingerprint density at radius 3 is 2.73 bits per heavy atom. The minimum absolute atomic E-state index is 0.0361. The van der Waals surface area contributed by atoms with Crippen LogP contribution in [0.25, 0.3) is 0 Å². The van der Waals surface area contributed by atoms with Crippen molar-refractivity contribution in [1.29, 1.82) is 0 Å². The highest BCUT2D eigenvalue weighted by Crippen LogP contribution is 2.18. The fourth-order valence-corrected chi connectivity index (χ4v) is 1.19. The third-order valence-corrected chi connectivity index (χ3v) is 2.31. The quantitative estimate of drug-likeness (QED) is 0.604. The molecule has 1 rings (SSSR count). The molecule has 0 saturated heterocycles. The van der Waals surface area contributed by atoms with Gasteiger partial charge >= 0.3 is 6.03 Å². The molecule has 0 aromatic heterocycles. The molecule has 1 aliphatic rings. The van der Waals surface area contributed by atoms with Gasteiger partial charge in [0.15, 0.2) is 0 Å². The summed E-state index contributed by atoms with van der Waals surface area (Å²) in [4.78, 5) is 11.2. The van der Waals surface area contributed by atoms with Crippen molar-refractivity contribution in [2.24, 2.45) is 0 Å². The maximum absolute atomic E-state index is 11.2. The van der Waals surface area contributed by atoms with Gasteiger partial charge in [-0.05, 0) is 25.7 Å². The summed E-state index contributed by atoms with van der Waals surface area (Å²) in [5.41, 5.74) is 0. The van der Waals surface area contributed by atoms with E-state index in [1.54, 1.807) is 0 Å². The van der Waals surface area contributed by atoms with Crippen LogP contribution in [0.4, 0.5) is 4.79 Å². The zero-order chi connectivity index (χ0) is 10.9. The molecule has 1 fully saturated rings. The molecule has 4 heteroatoms. The lowest BCUT2D eigenvalue weighted by atomic mass is 10.4. The van der Waals surface area contributed by atoms with Crippen molar-refractivity contribution in [2.45, 2.75) is 45.1 Å². The first-order valence-electron chi connectivity index (χ1n) is 5.95. The lowest BCUT2D eigenvalue weighted by Crippen LogP contribution is -2.37. The topological polar surface area (TPSA) is 50.4 Å². The van der Waals surface area contributed by atoms with E-state index in [1.165, 1.54) is 6.42 Å². The molecule has 0 aromatic rings. The second-order valence-corrected chi connectivity index (χ2v) is 3.99. The van der Waals surface area contributed by atoms with E-state index < -0.39 is 0 Å². The Kier molecular flexibility index (Phi) is 6.16. The van der Waals surface area contributed by atoms with Gasteiger partial charge in [0.05, 0.1) is 0 Å². The van der Waals surface area contributed by atoms with Crippen molar-refractivity contribution in [2.75, 3.05) is 19.8 Å². The van der Waals surface area contributed by atoms with Crippen molar-refractivity contribution in [3.05, 3.63) is 0 Å². The van der Waals surface area contributed by atoms with Gasteiger partial charge in [-0.1, -0.05) is 13.3 Å². The minimum Gasteiger partial charge on any atom is -0.381 e. The number of carbonyl (C=O) groups is 1. The first kappa shape index (κ1) is 12.3. The monoisotopic (exact) mass is 214 g/mol. The predicted octanol–water partition coefficient (Wildman–Crippen LogP) is 1.65. The average molecular weight is 214 g/mol. The number of nitrogens with one attached hydrogen (secondary N) is 2. The largest absolute Gasteiger partial charge is 0.381 e. The number of hydrogen-bond acceptors (Lipinski definition) is 2. The van der Waals surface area contributed by atoms with E-state index in [-0.39, 0.29) is 6.03 Å². The number of hydrogen-bond donors (Lipinski definition) is 2. The van der Waals surface area contributed by atoms with Crippen LogP contribution in [0.15, 0.2) is 0 Å². The number of unbranched alkanes of at least 4 members (excludes halogenated alkanes) is 1. The molecule has 4 nitrogen and oxygen atoms in total. The van der Waals surface area contributed by atoms with Crippen molar-refractivity contribution in [3.63, 3.8) is 0 Å². The Morgan fingerprint density at radius 1 is 1.33 bits per heavy atom. The highest BCUT2D eigenvalue weighted by Gasteiger charge is 2.22. The molecule has 0 unspecified atom stereocenters. The minimum atomic E-state index is -0.0361. The molecule has 0 atom stereocenters. The van der Waals surface area contributed by atoms with Crippen LogP contribution in [0, 0.1) is 0 Å². The van der Waals surface area contributed by atoms with Gasteiger partial charge in [-0.2, -0.15) is 0 Å². The SMILES string of the molecule is CCCCOCCCNC(=O)NC1CC1. The number of ether oxygens (including phenoxy) is 1. The standard InChI is InChI=1S/C11H22N2O2/c1-2-3-8-15-9-4-7-12-11(14)13-10-5-6-10/h10H,2-9H2,1H3,(H2,12,13,14). The number of rotatable bonds is 8. The zero-order valence-electron chi connectivity index (χ0n) is 9.55. The Bertz CT molecular complexity index is 181. The maximum atomic E-state index is 11.2. The van der Waals surface area contributed by atoms with E-state index in [0.717, 1.165) is 38.9 Å². The third-order valence-electron chi connectivity index (χ3n) is 2.31. The van der Waals surface area contributed by atoms with Crippen LogP contribution in [-0.4, -0.2) is 31.8 Å². The van der Waals surface area contributed by atoms with Crippen LogP contribution < -0.4 is 10.6 Å². The molecule has 15 heavy (non-hydrogen) atoms. The Balaban J connectivity index is 1.77. The Hall–Kier alpha value is -0.770. The lowest BCUT2D eigenvalue weighted by molar-refractivity contribution is 0.129. The van der Waals surface area contributed by atoms with Crippen LogP contribution >= 0.6 is 0 Å². The van der Waals surface area contributed by atoms with E-state index in [2.05, 4.69) is 17.6 Å². The van der Waals surface area contributed by atoms with E-state index >= 15 is 0 Å². The zero-order valence-corrected chi connectivity index (χ0v) is 9.55. The van der Waals surface area contributed by atoms with Crippen LogP contribution in [0.5, 0.6) is 0 Å². The first-order valence-corrected chi connectivity index (χ1v) is 5.95. The molecule has 0 bridgehead atoms. The Morgan fingerprint density at radius 2 is 2.07 bits per heavy atom. The molecule has 0 heterocycles. The van der Waals surface area contributed by atoms with E-state index in [1.807, 2.05) is 0 Å². The lowest BCUT2D eigenvalue weighted by Gasteiger charge is -2.06. The Labute approximate surface area is 91.8 Å². The highest BCUT2D eigenvalue weighted by atomic mass is 16.5. The van der Waals surface area contributed by atoms with E-state index in [0.29, 0.717) is 12.6 Å².